The molecule has 0 N–H and O–H groups in total. The highest BCUT2D eigenvalue weighted by Crippen LogP contribution is 2.43. The molecular weight excluding hydrogens is 370 g/mol. The number of aromatic nitrogens is 1. The quantitative estimate of drug-likeness (QED) is 0.780. The number of carbonyl (C=O) groups is 1. The molecule has 0 saturated carbocycles. The van der Waals surface area contributed by atoms with E-state index in [-0.39, 0.29) is 11.5 Å². The molecule has 1 spiro atoms. The van der Waals surface area contributed by atoms with Gasteiger partial charge in [-0.2, -0.15) is 0 Å². The third-order valence-electron chi connectivity index (χ3n) is 6.74. The van der Waals surface area contributed by atoms with Crippen molar-refractivity contribution >= 4 is 17.2 Å². The van der Waals surface area contributed by atoms with E-state index in [0.717, 1.165) is 70.5 Å². The Morgan fingerprint density at radius 1 is 1.11 bits per heavy atom. The maximum Gasteiger partial charge on any atom is 0.253 e. The lowest BCUT2D eigenvalue weighted by Gasteiger charge is -2.47. The van der Waals surface area contributed by atoms with Crippen molar-refractivity contribution in [2.24, 2.45) is 0 Å². The van der Waals surface area contributed by atoms with Gasteiger partial charge in [-0.25, -0.2) is 0 Å². The second-order valence-corrected chi connectivity index (χ2v) is 9.15. The Labute approximate surface area is 170 Å². The molecule has 1 amide bonds. The topological polar surface area (TPSA) is 45.7 Å². The molecule has 2 aromatic rings. The fourth-order valence-corrected chi connectivity index (χ4v) is 6.08. The first kappa shape index (κ1) is 18.3. The molecular formula is C22H27N3O2S. The number of thiophene rings is 1. The minimum atomic E-state index is -0.0396. The fourth-order valence-electron chi connectivity index (χ4n) is 5.13. The van der Waals surface area contributed by atoms with Crippen molar-refractivity contribution in [3.05, 3.63) is 52.0 Å². The van der Waals surface area contributed by atoms with Crippen LogP contribution < -0.4 is 0 Å². The number of amides is 1. The SMILES string of the molecule is O=C(c1ccncc1)N1CCC(N2CCC3(CC2)OCCc2sccc23)CC1. The number of likely N-dealkylation sites (tertiary alicyclic amines) is 2. The smallest absolute Gasteiger partial charge is 0.253 e. The van der Waals surface area contributed by atoms with Crippen LogP contribution in [-0.2, 0) is 16.8 Å². The van der Waals surface area contributed by atoms with Crippen LogP contribution >= 0.6 is 11.3 Å². The van der Waals surface area contributed by atoms with E-state index in [1.54, 1.807) is 24.5 Å². The summed E-state index contributed by atoms with van der Waals surface area (Å²) in [6.07, 6.45) is 8.76. The molecule has 5 nitrogen and oxygen atoms in total. The van der Waals surface area contributed by atoms with Crippen LogP contribution in [0.4, 0.5) is 0 Å². The number of carbonyl (C=O) groups excluding carboxylic acids is 1. The van der Waals surface area contributed by atoms with Crippen LogP contribution in [0, 0.1) is 0 Å². The van der Waals surface area contributed by atoms with Crippen molar-refractivity contribution in [1.29, 1.82) is 0 Å². The maximum atomic E-state index is 12.6. The summed E-state index contributed by atoms with van der Waals surface area (Å²) in [5, 5.41) is 2.23. The summed E-state index contributed by atoms with van der Waals surface area (Å²) in [7, 11) is 0. The van der Waals surface area contributed by atoms with Gasteiger partial charge in [0.05, 0.1) is 12.2 Å². The molecule has 28 heavy (non-hydrogen) atoms. The van der Waals surface area contributed by atoms with E-state index >= 15 is 0 Å². The monoisotopic (exact) mass is 397 g/mol. The first-order valence-electron chi connectivity index (χ1n) is 10.4. The molecule has 3 aliphatic rings. The molecule has 0 aromatic carbocycles. The van der Waals surface area contributed by atoms with E-state index in [1.165, 1.54) is 10.4 Å². The van der Waals surface area contributed by atoms with E-state index in [9.17, 15) is 4.79 Å². The van der Waals surface area contributed by atoms with E-state index in [0.29, 0.717) is 6.04 Å². The lowest BCUT2D eigenvalue weighted by atomic mass is 9.81. The van der Waals surface area contributed by atoms with Crippen LogP contribution in [0.5, 0.6) is 0 Å². The molecule has 0 unspecified atom stereocenters. The Kier molecular flexibility index (Phi) is 4.95. The molecule has 148 valence electrons. The summed E-state index contributed by atoms with van der Waals surface area (Å²) >= 11 is 1.89. The molecule has 2 fully saturated rings. The number of nitrogens with zero attached hydrogens (tertiary/aromatic N) is 3. The van der Waals surface area contributed by atoms with Gasteiger partial charge in [-0.3, -0.25) is 9.78 Å². The molecule has 5 rings (SSSR count). The van der Waals surface area contributed by atoms with Gasteiger partial charge in [0.15, 0.2) is 0 Å². The summed E-state index contributed by atoms with van der Waals surface area (Å²) in [4.78, 5) is 22.8. The predicted octanol–water partition coefficient (Wildman–Crippen LogP) is 3.31. The lowest BCUT2D eigenvalue weighted by Crippen LogP contribution is -2.52. The molecule has 2 saturated heterocycles. The van der Waals surface area contributed by atoms with Gasteiger partial charge in [0, 0.05) is 61.5 Å². The van der Waals surface area contributed by atoms with Crippen molar-refractivity contribution in [3.63, 3.8) is 0 Å². The van der Waals surface area contributed by atoms with Gasteiger partial charge in [0.2, 0.25) is 0 Å². The predicted molar refractivity (Wildman–Crippen MR) is 110 cm³/mol. The van der Waals surface area contributed by atoms with Crippen LogP contribution in [-0.4, -0.2) is 59.5 Å². The Morgan fingerprint density at radius 3 is 2.61 bits per heavy atom. The highest BCUT2D eigenvalue weighted by molar-refractivity contribution is 7.10. The average molecular weight is 398 g/mol. The van der Waals surface area contributed by atoms with Crippen molar-refractivity contribution in [1.82, 2.24) is 14.8 Å². The number of piperidine rings is 2. The van der Waals surface area contributed by atoms with Crippen LogP contribution in [0.1, 0.15) is 46.5 Å². The Bertz CT molecular complexity index is 821. The average Bonchev–Trinajstić information content (AvgIpc) is 3.25. The zero-order valence-electron chi connectivity index (χ0n) is 16.2. The molecule has 0 radical (unpaired) electrons. The van der Waals surface area contributed by atoms with Crippen LogP contribution in [0.3, 0.4) is 0 Å². The second kappa shape index (κ2) is 7.58. The molecule has 2 aromatic heterocycles. The van der Waals surface area contributed by atoms with Crippen molar-refractivity contribution in [3.8, 4) is 0 Å². The van der Waals surface area contributed by atoms with Gasteiger partial charge < -0.3 is 14.5 Å². The van der Waals surface area contributed by atoms with E-state index in [4.69, 9.17) is 4.74 Å². The standard InChI is InChI=1S/C22H27N3O2S/c26-21(17-1-9-23-10-2-17)25-11-3-18(4-12-25)24-13-7-22(8-14-24)19-6-16-28-20(19)5-15-27-22/h1-2,6,9-10,16,18H,3-5,7-8,11-15H2. The molecule has 5 heterocycles. The van der Waals surface area contributed by atoms with Crippen LogP contribution in [0.2, 0.25) is 0 Å². The zero-order valence-corrected chi connectivity index (χ0v) is 17.0. The zero-order chi connectivity index (χ0) is 19.0. The van der Waals surface area contributed by atoms with Gasteiger partial charge in [0.1, 0.15) is 0 Å². The van der Waals surface area contributed by atoms with Gasteiger partial charge in [-0.15, -0.1) is 11.3 Å². The van der Waals surface area contributed by atoms with Gasteiger partial charge >= 0.3 is 0 Å². The lowest BCUT2D eigenvalue weighted by molar-refractivity contribution is -0.104. The number of ether oxygens (including phenoxy) is 1. The summed E-state index contributed by atoms with van der Waals surface area (Å²) < 4.78 is 6.35. The molecule has 0 atom stereocenters. The number of hydrogen-bond donors (Lipinski definition) is 0. The fraction of sp³-hybridized carbons (Fsp3) is 0.545. The van der Waals surface area contributed by atoms with Gasteiger partial charge in [-0.1, -0.05) is 0 Å². The molecule has 6 heteroatoms. The number of rotatable bonds is 2. The normalized spacial score (nSPS) is 22.9. The summed E-state index contributed by atoms with van der Waals surface area (Å²) in [5.41, 5.74) is 2.16. The maximum absolute atomic E-state index is 12.6. The summed E-state index contributed by atoms with van der Waals surface area (Å²) in [5.74, 6) is 0.138. The van der Waals surface area contributed by atoms with E-state index in [2.05, 4.69) is 21.3 Å². The second-order valence-electron chi connectivity index (χ2n) is 8.15. The highest BCUT2D eigenvalue weighted by atomic mass is 32.1. The Hall–Kier alpha value is -1.76. The third-order valence-corrected chi connectivity index (χ3v) is 7.73. The highest BCUT2D eigenvalue weighted by Gasteiger charge is 2.42. The Morgan fingerprint density at radius 2 is 1.86 bits per heavy atom. The van der Waals surface area contributed by atoms with Crippen molar-refractivity contribution < 1.29 is 9.53 Å². The first-order chi connectivity index (χ1) is 13.8. The first-order valence-corrected chi connectivity index (χ1v) is 11.3. The number of pyridine rings is 1. The molecule has 3 aliphatic heterocycles. The third kappa shape index (κ3) is 3.27. The van der Waals surface area contributed by atoms with Gasteiger partial charge in [0.25, 0.3) is 5.91 Å². The molecule has 0 bridgehead atoms. The summed E-state index contributed by atoms with van der Waals surface area (Å²) in [6, 6.07) is 6.49. The van der Waals surface area contributed by atoms with Gasteiger partial charge in [-0.05, 0) is 54.8 Å². The minimum Gasteiger partial charge on any atom is -0.370 e. The van der Waals surface area contributed by atoms with Crippen molar-refractivity contribution in [2.75, 3.05) is 32.8 Å². The van der Waals surface area contributed by atoms with E-state index < -0.39 is 0 Å². The van der Waals surface area contributed by atoms with E-state index in [1.807, 2.05) is 16.2 Å². The van der Waals surface area contributed by atoms with Crippen LogP contribution in [0.25, 0.3) is 0 Å². The number of fused-ring (bicyclic) bond motifs is 2. The number of hydrogen-bond acceptors (Lipinski definition) is 5. The minimum absolute atomic E-state index is 0.0396. The Balaban J connectivity index is 1.18. The van der Waals surface area contributed by atoms with Crippen LogP contribution in [0.15, 0.2) is 36.0 Å². The largest absolute Gasteiger partial charge is 0.370 e. The summed E-state index contributed by atoms with van der Waals surface area (Å²) in [6.45, 7) is 4.75. The molecule has 0 aliphatic carbocycles. The van der Waals surface area contributed by atoms with Crippen molar-refractivity contribution in [2.45, 2.75) is 43.7 Å².